The standard InChI is InChI=1S/C32H42N6O4S2/c1-3-4-19-44(41,42)23-26-14-10-13-25(20-26)22-29(39)35-28(34-2)18-17-27(33)15-8-9-16-31-37-38-32(43-31)36-30(40)21-24-11-6-5-7-12-24/h5-7,10-14,20,33H,3-4,8-9,15-19,21-23H2,1-2H3,(H,34,35,39)(H,36,38,40). The Morgan fingerprint density at radius 2 is 1.61 bits per heavy atom. The summed E-state index contributed by atoms with van der Waals surface area (Å²) in [7, 11) is -1.56. The molecule has 44 heavy (non-hydrogen) atoms. The van der Waals surface area contributed by atoms with Crippen molar-refractivity contribution in [1.29, 1.82) is 5.41 Å². The van der Waals surface area contributed by atoms with Crippen molar-refractivity contribution in [2.24, 2.45) is 4.99 Å². The number of hydrogen-bond donors (Lipinski definition) is 3. The number of carbonyl (C=O) groups excluding carboxylic acids is 2. The highest BCUT2D eigenvalue weighted by Gasteiger charge is 2.14. The van der Waals surface area contributed by atoms with Gasteiger partial charge in [0.25, 0.3) is 0 Å². The molecule has 1 aromatic heterocycles. The van der Waals surface area contributed by atoms with Crippen molar-refractivity contribution < 1.29 is 18.0 Å². The summed E-state index contributed by atoms with van der Waals surface area (Å²) in [5, 5.41) is 23.5. The van der Waals surface area contributed by atoms with E-state index in [1.165, 1.54) is 11.3 Å². The number of amides is 2. The summed E-state index contributed by atoms with van der Waals surface area (Å²) in [5.74, 6) is 0.310. The molecule has 0 saturated heterocycles. The maximum Gasteiger partial charge on any atom is 0.230 e. The monoisotopic (exact) mass is 638 g/mol. The lowest BCUT2D eigenvalue weighted by atomic mass is 10.1. The van der Waals surface area contributed by atoms with Crippen LogP contribution in [0.1, 0.15) is 73.6 Å². The minimum Gasteiger partial charge on any atom is -0.314 e. The number of benzene rings is 2. The van der Waals surface area contributed by atoms with Gasteiger partial charge >= 0.3 is 0 Å². The average Bonchev–Trinajstić information content (AvgIpc) is 3.43. The maximum absolute atomic E-state index is 12.7. The minimum atomic E-state index is -3.17. The number of hydrogen-bond acceptors (Lipinski definition) is 9. The van der Waals surface area contributed by atoms with Crippen molar-refractivity contribution in [2.75, 3.05) is 18.1 Å². The predicted octanol–water partition coefficient (Wildman–Crippen LogP) is 5.33. The van der Waals surface area contributed by atoms with E-state index in [2.05, 4.69) is 25.8 Å². The van der Waals surface area contributed by atoms with E-state index in [1.807, 2.05) is 43.3 Å². The van der Waals surface area contributed by atoms with Gasteiger partial charge < -0.3 is 16.0 Å². The van der Waals surface area contributed by atoms with Crippen LogP contribution in [0.5, 0.6) is 0 Å². The summed E-state index contributed by atoms with van der Waals surface area (Å²) < 4.78 is 24.6. The normalized spacial score (nSPS) is 11.7. The van der Waals surface area contributed by atoms with Crippen molar-refractivity contribution in [3.05, 3.63) is 76.3 Å². The van der Waals surface area contributed by atoms with Crippen LogP contribution in [0.3, 0.4) is 0 Å². The molecule has 0 saturated carbocycles. The number of unbranched alkanes of at least 4 members (excludes halogenated alkanes) is 2. The van der Waals surface area contributed by atoms with Crippen LogP contribution in [0.25, 0.3) is 0 Å². The van der Waals surface area contributed by atoms with E-state index < -0.39 is 9.84 Å². The number of rotatable bonds is 18. The molecule has 10 nitrogen and oxygen atoms in total. The Balaban J connectivity index is 1.33. The lowest BCUT2D eigenvalue weighted by Crippen LogP contribution is -2.32. The second-order valence-electron chi connectivity index (χ2n) is 10.7. The molecule has 0 radical (unpaired) electrons. The third-order valence-corrected chi connectivity index (χ3v) is 9.39. The lowest BCUT2D eigenvalue weighted by molar-refractivity contribution is -0.119. The molecule has 0 bridgehead atoms. The Hall–Kier alpha value is -3.77. The number of amidine groups is 1. The smallest absolute Gasteiger partial charge is 0.230 e. The molecule has 0 unspecified atom stereocenters. The Morgan fingerprint density at radius 3 is 2.36 bits per heavy atom. The highest BCUT2D eigenvalue weighted by Crippen LogP contribution is 2.18. The van der Waals surface area contributed by atoms with E-state index in [1.54, 1.807) is 25.2 Å². The van der Waals surface area contributed by atoms with Gasteiger partial charge in [0.1, 0.15) is 10.8 Å². The number of aryl methyl sites for hydroxylation is 1. The van der Waals surface area contributed by atoms with Gasteiger partial charge in [-0.2, -0.15) is 0 Å². The van der Waals surface area contributed by atoms with E-state index >= 15 is 0 Å². The van der Waals surface area contributed by atoms with Crippen LogP contribution in [0.2, 0.25) is 0 Å². The minimum absolute atomic E-state index is 0.0264. The number of sulfone groups is 1. The van der Waals surface area contributed by atoms with Gasteiger partial charge in [0.2, 0.25) is 16.9 Å². The van der Waals surface area contributed by atoms with Crippen molar-refractivity contribution in [1.82, 2.24) is 15.5 Å². The predicted molar refractivity (Wildman–Crippen MR) is 177 cm³/mol. The maximum atomic E-state index is 12.7. The van der Waals surface area contributed by atoms with Crippen LogP contribution < -0.4 is 10.6 Å². The van der Waals surface area contributed by atoms with Gasteiger partial charge in [0.05, 0.1) is 24.3 Å². The zero-order valence-corrected chi connectivity index (χ0v) is 27.1. The first-order valence-corrected chi connectivity index (χ1v) is 17.6. The van der Waals surface area contributed by atoms with Gasteiger partial charge in [0.15, 0.2) is 9.84 Å². The third-order valence-electron chi connectivity index (χ3n) is 6.81. The first kappa shape index (κ1) is 34.7. The first-order chi connectivity index (χ1) is 21.2. The van der Waals surface area contributed by atoms with Crippen molar-refractivity contribution in [3.8, 4) is 0 Å². The molecule has 3 aromatic rings. The van der Waals surface area contributed by atoms with Gasteiger partial charge in [-0.25, -0.2) is 8.42 Å². The van der Waals surface area contributed by atoms with Crippen molar-refractivity contribution >= 4 is 49.7 Å². The molecule has 12 heteroatoms. The van der Waals surface area contributed by atoms with Crippen molar-refractivity contribution in [2.45, 2.75) is 76.9 Å². The summed E-state index contributed by atoms with van der Waals surface area (Å²) in [4.78, 5) is 29.1. The van der Waals surface area contributed by atoms with Gasteiger partial charge in [-0.05, 0) is 48.8 Å². The summed E-state index contributed by atoms with van der Waals surface area (Å²) >= 11 is 1.37. The zero-order chi connectivity index (χ0) is 31.8. The summed E-state index contributed by atoms with van der Waals surface area (Å²) in [6.07, 6.45) is 5.85. The molecule has 3 rings (SSSR count). The van der Waals surface area contributed by atoms with Crippen LogP contribution in [0.4, 0.5) is 5.13 Å². The molecule has 2 amide bonds. The topological polar surface area (TPSA) is 154 Å². The van der Waals surface area contributed by atoms with Crippen LogP contribution in [-0.2, 0) is 44.4 Å². The summed E-state index contributed by atoms with van der Waals surface area (Å²) in [6.45, 7) is 1.96. The fraction of sp³-hybridized carbons (Fsp3) is 0.438. The quantitative estimate of drug-likeness (QED) is 0.0972. The number of carbonyl (C=O) groups is 2. The molecule has 0 spiro atoms. The fourth-order valence-corrected chi connectivity index (χ4v) is 6.86. The van der Waals surface area contributed by atoms with E-state index in [0.29, 0.717) is 47.9 Å². The molecule has 236 valence electrons. The number of aliphatic imine (C=N–C) groups is 1. The van der Waals surface area contributed by atoms with E-state index in [-0.39, 0.29) is 36.2 Å². The number of nitrogens with zero attached hydrogens (tertiary/aromatic N) is 3. The average molecular weight is 639 g/mol. The Labute approximate surface area is 264 Å². The molecule has 0 aliphatic rings. The van der Waals surface area contributed by atoms with Crippen LogP contribution in [-0.4, -0.2) is 54.8 Å². The van der Waals surface area contributed by atoms with E-state index in [0.717, 1.165) is 41.8 Å². The van der Waals surface area contributed by atoms with Crippen LogP contribution in [0.15, 0.2) is 59.6 Å². The second-order valence-corrected chi connectivity index (χ2v) is 13.9. The zero-order valence-electron chi connectivity index (χ0n) is 25.5. The number of aromatic nitrogens is 2. The highest BCUT2D eigenvalue weighted by molar-refractivity contribution is 7.90. The molecule has 0 aliphatic heterocycles. The molecule has 1 heterocycles. The lowest BCUT2D eigenvalue weighted by Gasteiger charge is -2.10. The van der Waals surface area contributed by atoms with Crippen LogP contribution >= 0.6 is 11.3 Å². The Bertz CT molecular complexity index is 1520. The molecule has 2 aromatic carbocycles. The Kier molecular flexibility index (Phi) is 14.3. The van der Waals surface area contributed by atoms with Gasteiger partial charge in [0, 0.05) is 25.6 Å². The molecule has 0 atom stereocenters. The van der Waals surface area contributed by atoms with E-state index in [4.69, 9.17) is 5.41 Å². The number of anilines is 1. The molecule has 0 fully saturated rings. The Morgan fingerprint density at radius 1 is 0.886 bits per heavy atom. The highest BCUT2D eigenvalue weighted by atomic mass is 32.2. The second kappa shape index (κ2) is 18.1. The third kappa shape index (κ3) is 13.3. The SMILES string of the molecule is CCCCS(=O)(=O)Cc1cccc(CC(=O)NC(CCC(=N)CCCCc2nnc(NC(=O)Cc3ccccc3)s2)=NC)c1. The molecule has 0 aliphatic carbocycles. The van der Waals surface area contributed by atoms with Gasteiger partial charge in [-0.3, -0.25) is 14.6 Å². The fourth-order valence-electron chi connectivity index (χ4n) is 4.50. The van der Waals surface area contributed by atoms with Gasteiger partial charge in [-0.15, -0.1) is 10.2 Å². The summed E-state index contributed by atoms with van der Waals surface area (Å²) in [6, 6.07) is 16.7. The largest absolute Gasteiger partial charge is 0.314 e. The summed E-state index contributed by atoms with van der Waals surface area (Å²) in [5.41, 5.74) is 2.95. The molecule has 3 N–H and O–H groups in total. The number of nitrogens with one attached hydrogen (secondary N) is 3. The molecular weight excluding hydrogens is 597 g/mol. The van der Waals surface area contributed by atoms with Gasteiger partial charge in [-0.1, -0.05) is 79.3 Å². The van der Waals surface area contributed by atoms with Crippen molar-refractivity contribution in [3.63, 3.8) is 0 Å². The van der Waals surface area contributed by atoms with E-state index in [9.17, 15) is 18.0 Å². The molecular formula is C32H42N6O4S2. The first-order valence-electron chi connectivity index (χ1n) is 14.9. The van der Waals surface area contributed by atoms with Crippen LogP contribution in [0, 0.1) is 5.41 Å².